The molecule has 7 nitrogen and oxygen atoms in total. The number of aromatic nitrogens is 1. The second-order valence-corrected chi connectivity index (χ2v) is 11.1. The number of carbonyl (C=O) groups excluding carboxylic acids is 2. The number of methoxy groups -OCH3 is 1. The van der Waals surface area contributed by atoms with Gasteiger partial charge in [-0.25, -0.2) is 9.78 Å². The van der Waals surface area contributed by atoms with Crippen LogP contribution in [0.25, 0.3) is 11.1 Å². The molecule has 0 bridgehead atoms. The number of piperidine rings is 1. The Kier molecular flexibility index (Phi) is 7.58. The van der Waals surface area contributed by atoms with Crippen LogP contribution in [-0.4, -0.2) is 61.2 Å². The van der Waals surface area contributed by atoms with Gasteiger partial charge in [-0.1, -0.05) is 6.07 Å². The summed E-state index contributed by atoms with van der Waals surface area (Å²) >= 11 is 1.70. The summed E-state index contributed by atoms with van der Waals surface area (Å²) in [4.78, 5) is 28.9. The highest BCUT2D eigenvalue weighted by Gasteiger charge is 2.31. The summed E-state index contributed by atoms with van der Waals surface area (Å²) in [7, 11) is 1.41. The first-order valence-electron chi connectivity index (χ1n) is 13.1. The number of nitrogens with two attached hydrogens (primary N) is 1. The number of thiophene rings is 1. The zero-order chi connectivity index (χ0) is 25.8. The first kappa shape index (κ1) is 25.4. The number of pyridine rings is 1. The summed E-state index contributed by atoms with van der Waals surface area (Å²) < 4.78 is 5.73. The van der Waals surface area contributed by atoms with Crippen LogP contribution in [0.15, 0.2) is 41.1 Å². The van der Waals surface area contributed by atoms with Crippen molar-refractivity contribution < 1.29 is 18.8 Å². The minimum absolute atomic E-state index is 0.210. The second kappa shape index (κ2) is 11.0. The van der Waals surface area contributed by atoms with Crippen LogP contribution in [0.1, 0.15) is 58.4 Å². The zero-order valence-corrected chi connectivity index (χ0v) is 22.2. The number of carbonyl (C=O) groups is 2. The lowest BCUT2D eigenvalue weighted by Gasteiger charge is -2.40. The van der Waals surface area contributed by atoms with Gasteiger partial charge in [-0.15, -0.1) is 0 Å². The van der Waals surface area contributed by atoms with Gasteiger partial charge in [0.1, 0.15) is 5.82 Å². The normalized spacial score (nSPS) is 15.6. The van der Waals surface area contributed by atoms with Crippen molar-refractivity contribution in [3.8, 4) is 11.1 Å². The first-order chi connectivity index (χ1) is 18.0. The SMILES string of the molecule is COC(=O)c1ccc2c(c1)Cc1cc(Cc3ccsc3)nc(NCCC[N+]3(CC(N)=O)CCCCC3)c1-2. The first-order valence-corrected chi connectivity index (χ1v) is 14.0. The fourth-order valence-corrected chi connectivity index (χ4v) is 6.62. The predicted octanol–water partition coefficient (Wildman–Crippen LogP) is 4.38. The van der Waals surface area contributed by atoms with E-state index < -0.39 is 0 Å². The minimum Gasteiger partial charge on any atom is -0.465 e. The number of nitrogens with one attached hydrogen (secondary N) is 1. The van der Waals surface area contributed by atoms with Crippen LogP contribution < -0.4 is 11.1 Å². The molecule has 1 aromatic carbocycles. The lowest BCUT2D eigenvalue weighted by molar-refractivity contribution is -0.925. The Morgan fingerprint density at radius 3 is 2.70 bits per heavy atom. The zero-order valence-electron chi connectivity index (χ0n) is 21.4. The molecule has 0 unspecified atom stereocenters. The van der Waals surface area contributed by atoms with E-state index in [-0.39, 0.29) is 11.9 Å². The quantitative estimate of drug-likeness (QED) is 0.184. The largest absolute Gasteiger partial charge is 0.465 e. The number of likely N-dealkylation sites (tertiary alicyclic amines) is 1. The number of benzene rings is 1. The Morgan fingerprint density at radius 2 is 1.97 bits per heavy atom. The number of nitrogens with zero attached hydrogens (tertiary/aromatic N) is 2. The third kappa shape index (κ3) is 5.70. The Hall–Kier alpha value is -3.23. The number of primary amides is 1. The fraction of sp³-hybridized carbons (Fsp3) is 0.414. The molecule has 8 heteroatoms. The maximum atomic E-state index is 12.1. The molecule has 1 aliphatic heterocycles. The molecule has 194 valence electrons. The van der Waals surface area contributed by atoms with Gasteiger partial charge >= 0.3 is 5.97 Å². The molecule has 3 heterocycles. The van der Waals surface area contributed by atoms with Crippen molar-refractivity contribution in [3.05, 3.63) is 69.0 Å². The summed E-state index contributed by atoms with van der Waals surface area (Å²) in [6.07, 6.45) is 6.04. The van der Waals surface area contributed by atoms with Crippen LogP contribution in [0.4, 0.5) is 5.82 Å². The van der Waals surface area contributed by atoms with Gasteiger partial charge in [-0.2, -0.15) is 11.3 Å². The van der Waals surface area contributed by atoms with Crippen molar-refractivity contribution in [2.45, 2.75) is 38.5 Å². The summed E-state index contributed by atoms with van der Waals surface area (Å²) in [6.45, 7) is 4.20. The molecule has 3 N–H and O–H groups in total. The van der Waals surface area contributed by atoms with Gasteiger partial charge in [0.25, 0.3) is 5.91 Å². The Balaban J connectivity index is 1.37. The number of anilines is 1. The number of esters is 1. The molecule has 0 saturated carbocycles. The van der Waals surface area contributed by atoms with Crippen molar-refractivity contribution in [2.75, 3.05) is 45.2 Å². The predicted molar refractivity (Wildman–Crippen MR) is 147 cm³/mol. The van der Waals surface area contributed by atoms with E-state index in [1.165, 1.54) is 24.7 Å². The number of fused-ring (bicyclic) bond motifs is 3. The average Bonchev–Trinajstić information content (AvgIpc) is 3.53. The number of amides is 1. The van der Waals surface area contributed by atoms with Gasteiger partial charge in [0.2, 0.25) is 0 Å². The molecule has 1 amide bonds. The monoisotopic (exact) mass is 519 g/mol. The molecule has 0 radical (unpaired) electrons. The number of quaternary nitrogens is 1. The summed E-state index contributed by atoms with van der Waals surface area (Å²) in [5.41, 5.74) is 13.1. The summed E-state index contributed by atoms with van der Waals surface area (Å²) in [6, 6.07) is 10.1. The van der Waals surface area contributed by atoms with Gasteiger partial charge in [0, 0.05) is 30.6 Å². The fourth-order valence-electron chi connectivity index (χ4n) is 5.95. The summed E-state index contributed by atoms with van der Waals surface area (Å²) in [5.74, 6) is 0.366. The van der Waals surface area contributed by atoms with Crippen LogP contribution in [0.2, 0.25) is 0 Å². The molecule has 2 aliphatic rings. The molecule has 5 rings (SSSR count). The van der Waals surface area contributed by atoms with E-state index in [4.69, 9.17) is 15.5 Å². The van der Waals surface area contributed by atoms with Crippen molar-refractivity contribution in [1.29, 1.82) is 0 Å². The maximum Gasteiger partial charge on any atom is 0.337 e. The molecule has 37 heavy (non-hydrogen) atoms. The van der Waals surface area contributed by atoms with Crippen LogP contribution in [0.5, 0.6) is 0 Å². The molecule has 0 spiro atoms. The summed E-state index contributed by atoms with van der Waals surface area (Å²) in [5, 5.41) is 7.90. The van der Waals surface area contributed by atoms with Gasteiger partial charge < -0.3 is 20.3 Å². The molecule has 1 fully saturated rings. The highest BCUT2D eigenvalue weighted by Crippen LogP contribution is 2.42. The van der Waals surface area contributed by atoms with Crippen molar-refractivity contribution in [3.63, 3.8) is 0 Å². The van der Waals surface area contributed by atoms with E-state index in [1.54, 1.807) is 11.3 Å². The maximum absolute atomic E-state index is 12.1. The highest BCUT2D eigenvalue weighted by molar-refractivity contribution is 7.07. The average molecular weight is 520 g/mol. The second-order valence-electron chi connectivity index (χ2n) is 10.3. The molecule has 2 aromatic heterocycles. The lowest BCUT2D eigenvalue weighted by Crippen LogP contribution is -2.56. The van der Waals surface area contributed by atoms with E-state index >= 15 is 0 Å². The lowest BCUT2D eigenvalue weighted by atomic mass is 10.0. The molecule has 1 saturated heterocycles. The van der Waals surface area contributed by atoms with Crippen LogP contribution >= 0.6 is 11.3 Å². The Morgan fingerprint density at radius 1 is 1.14 bits per heavy atom. The van der Waals surface area contributed by atoms with Gasteiger partial charge in [0.15, 0.2) is 6.54 Å². The van der Waals surface area contributed by atoms with Crippen molar-refractivity contribution in [2.24, 2.45) is 5.73 Å². The Bertz CT molecular complexity index is 1280. The van der Waals surface area contributed by atoms with Gasteiger partial charge in [0.05, 0.1) is 32.3 Å². The number of hydrogen-bond donors (Lipinski definition) is 2. The highest BCUT2D eigenvalue weighted by atomic mass is 32.1. The van der Waals surface area contributed by atoms with E-state index in [9.17, 15) is 9.59 Å². The third-order valence-electron chi connectivity index (χ3n) is 7.65. The van der Waals surface area contributed by atoms with E-state index in [0.29, 0.717) is 12.1 Å². The van der Waals surface area contributed by atoms with E-state index in [2.05, 4.69) is 28.2 Å². The number of rotatable bonds is 10. The molecule has 0 atom stereocenters. The van der Waals surface area contributed by atoms with E-state index in [1.807, 2.05) is 18.2 Å². The van der Waals surface area contributed by atoms with Gasteiger partial charge in [-0.05, 0) is 83.0 Å². The smallest absolute Gasteiger partial charge is 0.337 e. The van der Waals surface area contributed by atoms with Crippen LogP contribution in [0, 0.1) is 0 Å². The van der Waals surface area contributed by atoms with Crippen LogP contribution in [-0.2, 0) is 22.4 Å². The van der Waals surface area contributed by atoms with Gasteiger partial charge in [-0.3, -0.25) is 4.79 Å². The van der Waals surface area contributed by atoms with Crippen LogP contribution in [0.3, 0.4) is 0 Å². The Labute approximate surface area is 222 Å². The van der Waals surface area contributed by atoms with Crippen molar-refractivity contribution >= 4 is 29.0 Å². The van der Waals surface area contributed by atoms with Crippen molar-refractivity contribution in [1.82, 2.24) is 4.98 Å². The standard InChI is InChI=1S/C29H34N4O3S/c1-36-29(35)21-6-7-25-22(15-21)16-23-17-24(14-20-8-13-37-19-20)32-28(27(23)25)31-9-5-12-33(18-26(30)34)10-3-2-4-11-33/h6-8,13,15,17,19H,2-5,9-12,14,16,18H2,1H3,(H2-,30,31,32,34,35)/p+1. The third-order valence-corrected chi connectivity index (χ3v) is 8.39. The van der Waals surface area contributed by atoms with E-state index in [0.717, 1.165) is 91.0 Å². The molecular weight excluding hydrogens is 484 g/mol. The number of hydrogen-bond acceptors (Lipinski definition) is 6. The molecular formula is C29H35N4O3S+. The molecule has 1 aliphatic carbocycles. The molecule has 3 aromatic rings. The topological polar surface area (TPSA) is 94.3 Å². The minimum atomic E-state index is -0.320. The number of ether oxygens (including phenoxy) is 1.